The molecule has 0 radical (unpaired) electrons. The minimum atomic E-state index is 0.584. The Morgan fingerprint density at radius 3 is 2.62 bits per heavy atom. The van der Waals surface area contributed by atoms with Gasteiger partial charge in [0, 0.05) is 12.6 Å². The molecular formula is C17H27N3O. The SMILES string of the molecule is CCNC(=NCCOc1ccc(C)cc1)NC1CCCC1. The van der Waals surface area contributed by atoms with Crippen LogP contribution in [0.3, 0.4) is 0 Å². The highest BCUT2D eigenvalue weighted by Gasteiger charge is 2.15. The molecule has 0 aliphatic heterocycles. The van der Waals surface area contributed by atoms with Crippen LogP contribution in [0.4, 0.5) is 0 Å². The van der Waals surface area contributed by atoms with Gasteiger partial charge in [-0.2, -0.15) is 0 Å². The Morgan fingerprint density at radius 2 is 1.95 bits per heavy atom. The number of aliphatic imine (C=N–C) groups is 1. The highest BCUT2D eigenvalue weighted by Crippen LogP contribution is 2.17. The zero-order chi connectivity index (χ0) is 14.9. The third-order valence-corrected chi connectivity index (χ3v) is 3.69. The fourth-order valence-corrected chi connectivity index (χ4v) is 2.54. The summed E-state index contributed by atoms with van der Waals surface area (Å²) in [4.78, 5) is 4.58. The van der Waals surface area contributed by atoms with E-state index in [-0.39, 0.29) is 0 Å². The van der Waals surface area contributed by atoms with Crippen LogP contribution in [0.25, 0.3) is 0 Å². The fraction of sp³-hybridized carbons (Fsp3) is 0.588. The van der Waals surface area contributed by atoms with E-state index in [0.29, 0.717) is 19.2 Å². The zero-order valence-electron chi connectivity index (χ0n) is 13.2. The fourth-order valence-electron chi connectivity index (χ4n) is 2.54. The summed E-state index contributed by atoms with van der Waals surface area (Å²) in [6.45, 7) is 6.32. The quantitative estimate of drug-likeness (QED) is 0.481. The van der Waals surface area contributed by atoms with Crippen molar-refractivity contribution >= 4 is 5.96 Å². The van der Waals surface area contributed by atoms with Gasteiger partial charge in [0.2, 0.25) is 0 Å². The molecule has 1 aromatic carbocycles. The predicted molar refractivity (Wildman–Crippen MR) is 88.0 cm³/mol. The number of rotatable bonds is 6. The van der Waals surface area contributed by atoms with E-state index in [1.807, 2.05) is 12.1 Å². The van der Waals surface area contributed by atoms with Crippen molar-refractivity contribution in [2.24, 2.45) is 4.99 Å². The minimum Gasteiger partial charge on any atom is -0.492 e. The van der Waals surface area contributed by atoms with Crippen molar-refractivity contribution in [2.75, 3.05) is 19.7 Å². The molecule has 1 aliphatic carbocycles. The van der Waals surface area contributed by atoms with Gasteiger partial charge in [-0.3, -0.25) is 0 Å². The molecule has 0 atom stereocenters. The smallest absolute Gasteiger partial charge is 0.191 e. The van der Waals surface area contributed by atoms with Crippen LogP contribution in [0, 0.1) is 6.92 Å². The van der Waals surface area contributed by atoms with E-state index < -0.39 is 0 Å². The van der Waals surface area contributed by atoms with Crippen molar-refractivity contribution in [2.45, 2.75) is 45.6 Å². The number of guanidine groups is 1. The van der Waals surface area contributed by atoms with Gasteiger partial charge in [-0.15, -0.1) is 0 Å². The highest BCUT2D eigenvalue weighted by atomic mass is 16.5. The van der Waals surface area contributed by atoms with Crippen molar-refractivity contribution in [1.82, 2.24) is 10.6 Å². The molecule has 2 N–H and O–H groups in total. The Bertz CT molecular complexity index is 436. The number of benzene rings is 1. The van der Waals surface area contributed by atoms with Gasteiger partial charge >= 0.3 is 0 Å². The Balaban J connectivity index is 1.74. The van der Waals surface area contributed by atoms with E-state index in [1.54, 1.807) is 0 Å². The maximum atomic E-state index is 5.70. The van der Waals surface area contributed by atoms with E-state index in [0.717, 1.165) is 18.3 Å². The molecule has 2 rings (SSSR count). The molecule has 1 saturated carbocycles. The molecule has 4 heteroatoms. The first-order chi connectivity index (χ1) is 10.3. The first-order valence-corrected chi connectivity index (χ1v) is 8.02. The third-order valence-electron chi connectivity index (χ3n) is 3.69. The summed E-state index contributed by atoms with van der Waals surface area (Å²) in [5.74, 6) is 1.82. The summed E-state index contributed by atoms with van der Waals surface area (Å²) in [6.07, 6.45) is 5.16. The van der Waals surface area contributed by atoms with E-state index >= 15 is 0 Å². The van der Waals surface area contributed by atoms with Gasteiger partial charge in [0.15, 0.2) is 5.96 Å². The lowest BCUT2D eigenvalue weighted by Gasteiger charge is -2.16. The van der Waals surface area contributed by atoms with E-state index in [4.69, 9.17) is 4.74 Å². The summed E-state index contributed by atoms with van der Waals surface area (Å²) >= 11 is 0. The number of ether oxygens (including phenoxy) is 1. The van der Waals surface area contributed by atoms with Crippen LogP contribution in [0.2, 0.25) is 0 Å². The van der Waals surface area contributed by atoms with Crippen LogP contribution in [-0.2, 0) is 0 Å². The van der Waals surface area contributed by atoms with Crippen LogP contribution >= 0.6 is 0 Å². The highest BCUT2D eigenvalue weighted by molar-refractivity contribution is 5.80. The molecule has 0 heterocycles. The molecule has 4 nitrogen and oxygen atoms in total. The molecule has 0 amide bonds. The largest absolute Gasteiger partial charge is 0.492 e. The van der Waals surface area contributed by atoms with E-state index in [2.05, 4.69) is 41.6 Å². The summed E-state index contributed by atoms with van der Waals surface area (Å²) in [5, 5.41) is 6.81. The molecule has 0 saturated heterocycles. The lowest BCUT2D eigenvalue weighted by molar-refractivity contribution is 0.328. The molecular weight excluding hydrogens is 262 g/mol. The maximum absolute atomic E-state index is 5.70. The van der Waals surface area contributed by atoms with Crippen molar-refractivity contribution in [1.29, 1.82) is 0 Å². The lowest BCUT2D eigenvalue weighted by atomic mass is 10.2. The molecule has 0 aromatic heterocycles. The van der Waals surface area contributed by atoms with Crippen molar-refractivity contribution < 1.29 is 4.74 Å². The van der Waals surface area contributed by atoms with Gasteiger partial charge in [0.05, 0.1) is 6.54 Å². The second-order valence-electron chi connectivity index (χ2n) is 5.55. The third kappa shape index (κ3) is 5.66. The Hall–Kier alpha value is -1.71. The maximum Gasteiger partial charge on any atom is 0.191 e. The minimum absolute atomic E-state index is 0.584. The molecule has 0 unspecified atom stereocenters. The van der Waals surface area contributed by atoms with Crippen LogP contribution in [-0.4, -0.2) is 31.7 Å². The van der Waals surface area contributed by atoms with Crippen molar-refractivity contribution in [3.8, 4) is 5.75 Å². The molecule has 116 valence electrons. The number of nitrogens with zero attached hydrogens (tertiary/aromatic N) is 1. The zero-order valence-corrected chi connectivity index (χ0v) is 13.2. The average Bonchev–Trinajstić information content (AvgIpc) is 2.98. The number of aryl methyl sites for hydroxylation is 1. The molecule has 1 aliphatic rings. The predicted octanol–water partition coefficient (Wildman–Crippen LogP) is 2.87. The van der Waals surface area contributed by atoms with E-state index in [1.165, 1.54) is 31.2 Å². The van der Waals surface area contributed by atoms with Gasteiger partial charge < -0.3 is 15.4 Å². The Labute approximate surface area is 128 Å². The average molecular weight is 289 g/mol. The standard InChI is InChI=1S/C17H27N3O/c1-3-18-17(20-15-6-4-5-7-15)19-12-13-21-16-10-8-14(2)9-11-16/h8-11,15H,3-7,12-13H2,1-2H3,(H2,18,19,20). The van der Waals surface area contributed by atoms with Crippen LogP contribution in [0.15, 0.2) is 29.3 Å². The molecule has 0 spiro atoms. The second kappa shape index (κ2) is 8.55. The number of nitrogens with one attached hydrogen (secondary N) is 2. The van der Waals surface area contributed by atoms with Crippen LogP contribution in [0.5, 0.6) is 5.75 Å². The second-order valence-corrected chi connectivity index (χ2v) is 5.55. The first-order valence-electron chi connectivity index (χ1n) is 8.02. The Morgan fingerprint density at radius 1 is 1.24 bits per heavy atom. The molecule has 1 fully saturated rings. The molecule has 1 aromatic rings. The molecule has 0 bridgehead atoms. The van der Waals surface area contributed by atoms with Gasteiger partial charge in [0.1, 0.15) is 12.4 Å². The van der Waals surface area contributed by atoms with Gasteiger partial charge in [-0.25, -0.2) is 4.99 Å². The topological polar surface area (TPSA) is 45.7 Å². The van der Waals surface area contributed by atoms with Crippen LogP contribution in [0.1, 0.15) is 38.2 Å². The summed E-state index contributed by atoms with van der Waals surface area (Å²) in [7, 11) is 0. The number of hydrogen-bond donors (Lipinski definition) is 2. The van der Waals surface area contributed by atoms with Crippen LogP contribution < -0.4 is 15.4 Å². The first kappa shape index (κ1) is 15.7. The summed E-state index contributed by atoms with van der Waals surface area (Å²) in [5.41, 5.74) is 1.25. The van der Waals surface area contributed by atoms with Crippen molar-refractivity contribution in [3.63, 3.8) is 0 Å². The van der Waals surface area contributed by atoms with Gasteiger partial charge in [-0.05, 0) is 38.8 Å². The normalized spacial score (nSPS) is 16.0. The number of hydrogen-bond acceptors (Lipinski definition) is 2. The summed E-state index contributed by atoms with van der Waals surface area (Å²) < 4.78 is 5.70. The van der Waals surface area contributed by atoms with Gasteiger partial charge in [-0.1, -0.05) is 30.5 Å². The Kier molecular flexibility index (Phi) is 6.38. The van der Waals surface area contributed by atoms with Crippen molar-refractivity contribution in [3.05, 3.63) is 29.8 Å². The molecule has 21 heavy (non-hydrogen) atoms. The monoisotopic (exact) mass is 289 g/mol. The van der Waals surface area contributed by atoms with E-state index in [9.17, 15) is 0 Å². The summed E-state index contributed by atoms with van der Waals surface area (Å²) in [6, 6.07) is 8.71. The van der Waals surface area contributed by atoms with Gasteiger partial charge in [0.25, 0.3) is 0 Å². The lowest BCUT2D eigenvalue weighted by Crippen LogP contribution is -2.42.